The molecule has 8 heterocycles. The topological polar surface area (TPSA) is 209 Å². The van der Waals surface area contributed by atoms with Crippen LogP contribution in [-0.2, 0) is 19.2 Å². The van der Waals surface area contributed by atoms with Crippen molar-refractivity contribution in [3.05, 3.63) is 85.5 Å². The molecule has 4 aromatic rings. The van der Waals surface area contributed by atoms with Crippen molar-refractivity contribution in [2.45, 2.75) is 51.7 Å². The Morgan fingerprint density at radius 1 is 0.586 bits per heavy atom. The fourth-order valence-corrected chi connectivity index (χ4v) is 7.45. The molecule has 0 radical (unpaired) electrons. The van der Waals surface area contributed by atoms with Crippen molar-refractivity contribution in [2.24, 2.45) is 11.8 Å². The molecule has 6 aliphatic heterocycles. The molecule has 0 spiro atoms. The number of ether oxygens (including phenoxy) is 2. The van der Waals surface area contributed by atoms with E-state index in [0.717, 1.165) is 47.0 Å². The molecule has 304 valence electrons. The molecule has 2 amide bonds. The van der Waals surface area contributed by atoms with Gasteiger partial charge in [0.25, 0.3) is 0 Å². The van der Waals surface area contributed by atoms with Gasteiger partial charge in [-0.3, -0.25) is 19.4 Å². The maximum Gasteiger partial charge on any atom is 0.328 e. The van der Waals surface area contributed by atoms with Crippen molar-refractivity contribution >= 4 is 35.1 Å². The van der Waals surface area contributed by atoms with E-state index in [0.29, 0.717) is 35.7 Å². The predicted octanol–water partition coefficient (Wildman–Crippen LogP) is 4.86. The van der Waals surface area contributed by atoms with E-state index in [2.05, 4.69) is 40.4 Å². The van der Waals surface area contributed by atoms with Gasteiger partial charge in [0.2, 0.25) is 23.6 Å². The zero-order valence-corrected chi connectivity index (χ0v) is 32.5. The Hall–Kier alpha value is -6.26. The summed E-state index contributed by atoms with van der Waals surface area (Å²) in [4.78, 5) is 64.0. The number of carboxylic acid groups (broad SMARTS) is 2. The van der Waals surface area contributed by atoms with Crippen molar-refractivity contribution < 1.29 is 38.9 Å². The Bertz CT molecular complexity index is 1880. The molecule has 58 heavy (non-hydrogen) atoms. The van der Waals surface area contributed by atoms with E-state index >= 15 is 0 Å². The number of carbonyl (C=O) groups excluding carboxylic acids is 2. The van der Waals surface area contributed by atoms with Gasteiger partial charge in [-0.15, -0.1) is 0 Å². The van der Waals surface area contributed by atoms with Crippen LogP contribution in [0.15, 0.2) is 85.5 Å². The fourth-order valence-electron chi connectivity index (χ4n) is 7.45. The first-order valence-corrected chi connectivity index (χ1v) is 19.3. The molecule has 6 aliphatic rings. The van der Waals surface area contributed by atoms with Crippen LogP contribution in [0.3, 0.4) is 0 Å². The average Bonchev–Trinajstić information content (AvgIpc) is 3.22. The van der Waals surface area contributed by atoms with Crippen LogP contribution in [0.25, 0.3) is 22.5 Å². The molecule has 10 rings (SSSR count). The second-order valence-electron chi connectivity index (χ2n) is 14.6. The zero-order chi connectivity index (χ0) is 41.0. The van der Waals surface area contributed by atoms with Gasteiger partial charge in [0.1, 0.15) is 12.2 Å². The Kier molecular flexibility index (Phi) is 14.1. The van der Waals surface area contributed by atoms with Crippen LogP contribution < -0.4 is 20.1 Å². The lowest BCUT2D eigenvalue weighted by atomic mass is 9.86. The van der Waals surface area contributed by atoms with Gasteiger partial charge >= 0.3 is 11.9 Å². The summed E-state index contributed by atoms with van der Waals surface area (Å²) in [6, 6.07) is 15.1. The number of aliphatic carboxylic acids is 2. The van der Waals surface area contributed by atoms with Crippen LogP contribution >= 0.6 is 0 Å². The van der Waals surface area contributed by atoms with Crippen molar-refractivity contribution in [1.29, 1.82) is 0 Å². The Balaban J connectivity index is 0.000000165. The van der Waals surface area contributed by atoms with Gasteiger partial charge in [0.15, 0.2) is 0 Å². The van der Waals surface area contributed by atoms with Crippen molar-refractivity contribution in [1.82, 2.24) is 29.7 Å². The minimum absolute atomic E-state index is 0.0817. The van der Waals surface area contributed by atoms with Crippen LogP contribution in [0.5, 0.6) is 11.8 Å². The van der Waals surface area contributed by atoms with E-state index in [1.54, 1.807) is 24.8 Å². The lowest BCUT2D eigenvalue weighted by Gasteiger charge is -2.44. The summed E-state index contributed by atoms with van der Waals surface area (Å²) >= 11 is 0. The normalized spacial score (nSPS) is 22.7. The summed E-state index contributed by atoms with van der Waals surface area (Å²) in [5.74, 6) is -0.196. The number of rotatable bonds is 10. The largest absolute Gasteiger partial charge is 0.478 e. The number of hydrogen-bond donors (Lipinski definition) is 4. The van der Waals surface area contributed by atoms with E-state index < -0.39 is 11.9 Å². The van der Waals surface area contributed by atoms with Crippen LogP contribution in [0.1, 0.15) is 39.5 Å². The van der Waals surface area contributed by atoms with E-state index in [1.165, 1.54) is 65.7 Å². The number of piperidine rings is 6. The SMILES string of the molecule is CC(=O)Nc1ccc(-c2cnc(OC3CN4CCC3CC4)cn2)cc1.CC(=O)Nc1ccc(-c2cnc(OC3CN4CCC3CC4)cn2)cc1.O=C(O)/C=C/C(=O)O. The third-order valence-corrected chi connectivity index (χ3v) is 10.4. The van der Waals surface area contributed by atoms with Gasteiger partial charge in [-0.05, 0) is 88.0 Å². The molecule has 16 nitrogen and oxygen atoms in total. The minimum atomic E-state index is -1.26. The summed E-state index contributed by atoms with van der Waals surface area (Å²) in [6.07, 6.45) is 13.3. The number of carbonyl (C=O) groups is 4. The van der Waals surface area contributed by atoms with Crippen LogP contribution in [0.4, 0.5) is 11.4 Å². The highest BCUT2D eigenvalue weighted by molar-refractivity contribution is 5.90. The van der Waals surface area contributed by atoms with Crippen LogP contribution in [0, 0.1) is 11.8 Å². The number of aromatic nitrogens is 4. The number of anilines is 2. The van der Waals surface area contributed by atoms with Gasteiger partial charge < -0.3 is 30.3 Å². The Labute approximate surface area is 336 Å². The summed E-state index contributed by atoms with van der Waals surface area (Å²) in [7, 11) is 0. The molecule has 2 atom stereocenters. The van der Waals surface area contributed by atoms with E-state index in [1.807, 2.05) is 48.5 Å². The van der Waals surface area contributed by atoms with Crippen LogP contribution in [-0.4, -0.2) is 115 Å². The number of benzene rings is 2. The molecule has 16 heteroatoms. The number of carboxylic acids is 2. The molecule has 2 aromatic heterocycles. The molecule has 2 unspecified atom stereocenters. The second kappa shape index (κ2) is 19.7. The highest BCUT2D eigenvalue weighted by atomic mass is 16.5. The predicted molar refractivity (Wildman–Crippen MR) is 215 cm³/mol. The quantitative estimate of drug-likeness (QED) is 0.158. The maximum absolute atomic E-state index is 11.1. The average molecular weight is 793 g/mol. The minimum Gasteiger partial charge on any atom is -0.478 e. The van der Waals surface area contributed by atoms with E-state index in [9.17, 15) is 19.2 Å². The van der Waals surface area contributed by atoms with Crippen molar-refractivity contribution in [3.8, 4) is 34.3 Å². The van der Waals surface area contributed by atoms with Crippen LogP contribution in [0.2, 0.25) is 0 Å². The van der Waals surface area contributed by atoms with Gasteiger partial charge in [-0.2, -0.15) is 0 Å². The maximum atomic E-state index is 11.1. The first-order chi connectivity index (χ1) is 28.0. The summed E-state index contributed by atoms with van der Waals surface area (Å²) in [5, 5.41) is 21.1. The molecule has 2 aromatic carbocycles. The molecular formula is C42H48N8O8. The number of amides is 2. The molecule has 0 aliphatic carbocycles. The number of hydrogen-bond acceptors (Lipinski definition) is 12. The first-order valence-electron chi connectivity index (χ1n) is 19.3. The van der Waals surface area contributed by atoms with Crippen molar-refractivity contribution in [2.75, 3.05) is 49.9 Å². The third kappa shape index (κ3) is 12.1. The highest BCUT2D eigenvalue weighted by Gasteiger charge is 2.36. The van der Waals surface area contributed by atoms with E-state index in [-0.39, 0.29) is 24.0 Å². The standard InChI is InChI=1S/2C19H22N4O2.C4H4O4/c2*1-13(24)22-16-4-2-14(3-5-16)17-10-21-19(11-20-17)25-18-12-23-8-6-15(18)7-9-23;5-3(6)1-2-4(7)8/h2*2-5,10-11,15,18H,6-9,12H2,1H3,(H,22,24);1-2H,(H,5,6)(H,7,8)/b;;2-1+. The smallest absolute Gasteiger partial charge is 0.328 e. The van der Waals surface area contributed by atoms with E-state index in [4.69, 9.17) is 19.7 Å². The summed E-state index contributed by atoms with van der Waals surface area (Å²) in [5.41, 5.74) is 5.02. The highest BCUT2D eigenvalue weighted by Crippen LogP contribution is 2.32. The summed E-state index contributed by atoms with van der Waals surface area (Å²) < 4.78 is 12.2. The Morgan fingerprint density at radius 3 is 1.21 bits per heavy atom. The van der Waals surface area contributed by atoms with Crippen molar-refractivity contribution in [3.63, 3.8) is 0 Å². The molecule has 4 N–H and O–H groups in total. The second-order valence-corrected chi connectivity index (χ2v) is 14.6. The molecule has 6 saturated heterocycles. The lowest BCUT2D eigenvalue weighted by Crippen LogP contribution is -2.52. The molecule has 4 bridgehead atoms. The molecule has 6 fully saturated rings. The number of fused-ring (bicyclic) bond motifs is 6. The Morgan fingerprint density at radius 2 is 0.948 bits per heavy atom. The first kappa shape index (κ1) is 41.4. The number of nitrogens with one attached hydrogen (secondary N) is 2. The summed E-state index contributed by atoms with van der Waals surface area (Å²) in [6.45, 7) is 9.78. The van der Waals surface area contributed by atoms with Gasteiger partial charge in [0, 0.05) is 61.6 Å². The fraction of sp³-hybridized carbons (Fsp3) is 0.381. The number of nitrogens with zero attached hydrogens (tertiary/aromatic N) is 6. The monoisotopic (exact) mass is 792 g/mol. The third-order valence-electron chi connectivity index (χ3n) is 10.4. The molecule has 0 saturated carbocycles. The zero-order valence-electron chi connectivity index (χ0n) is 32.5. The van der Waals surface area contributed by atoms with Gasteiger partial charge in [0.05, 0.1) is 36.2 Å². The molecular weight excluding hydrogens is 745 g/mol. The lowest BCUT2D eigenvalue weighted by molar-refractivity contribution is -0.134. The van der Waals surface area contributed by atoms with Gasteiger partial charge in [-0.1, -0.05) is 24.3 Å². The van der Waals surface area contributed by atoms with Gasteiger partial charge in [-0.25, -0.2) is 29.5 Å².